The third-order valence-corrected chi connectivity index (χ3v) is 1.85. The number of ether oxygens (including phenoxy) is 1. The van der Waals surface area contributed by atoms with E-state index < -0.39 is 0 Å². The SMILES string of the molecule is C=C(C)CC(CC(C)OC)NN. The van der Waals surface area contributed by atoms with Gasteiger partial charge in [-0.2, -0.15) is 0 Å². The molecule has 3 heteroatoms. The molecule has 0 aromatic rings. The Bertz CT molecular complexity index is 136. The Balaban J connectivity index is 3.74. The predicted octanol–water partition coefficient (Wildman–Crippen LogP) is 1.21. The molecule has 0 rings (SSSR count). The van der Waals surface area contributed by atoms with Crippen molar-refractivity contribution >= 4 is 0 Å². The lowest BCUT2D eigenvalue weighted by atomic mass is 10.0. The Hall–Kier alpha value is -0.380. The Morgan fingerprint density at radius 2 is 2.25 bits per heavy atom. The molecule has 0 saturated carbocycles. The average molecular weight is 172 g/mol. The standard InChI is InChI=1S/C9H20N2O/c1-7(2)5-9(11-10)6-8(3)12-4/h8-9,11H,1,5-6,10H2,2-4H3. The summed E-state index contributed by atoms with van der Waals surface area (Å²) >= 11 is 0. The summed E-state index contributed by atoms with van der Waals surface area (Å²) in [7, 11) is 1.71. The smallest absolute Gasteiger partial charge is 0.0558 e. The highest BCUT2D eigenvalue weighted by Gasteiger charge is 2.10. The maximum absolute atomic E-state index is 5.38. The molecule has 0 spiro atoms. The van der Waals surface area contributed by atoms with E-state index in [-0.39, 0.29) is 12.1 Å². The first-order chi connectivity index (χ1) is 5.60. The maximum atomic E-state index is 5.38. The predicted molar refractivity (Wildman–Crippen MR) is 51.6 cm³/mol. The average Bonchev–Trinajstić information content (AvgIpc) is 2.02. The molecule has 0 amide bonds. The van der Waals surface area contributed by atoms with Crippen LogP contribution in [0.5, 0.6) is 0 Å². The summed E-state index contributed by atoms with van der Waals surface area (Å²) in [6.07, 6.45) is 2.06. The van der Waals surface area contributed by atoms with Crippen LogP contribution in [0, 0.1) is 0 Å². The number of hydrogen-bond acceptors (Lipinski definition) is 3. The summed E-state index contributed by atoms with van der Waals surface area (Å²) < 4.78 is 5.14. The van der Waals surface area contributed by atoms with Crippen LogP contribution in [-0.2, 0) is 4.74 Å². The zero-order chi connectivity index (χ0) is 9.56. The zero-order valence-electron chi connectivity index (χ0n) is 8.26. The van der Waals surface area contributed by atoms with E-state index in [9.17, 15) is 0 Å². The summed E-state index contributed by atoms with van der Waals surface area (Å²) in [5.41, 5.74) is 3.90. The number of nitrogens with two attached hydrogens (primary N) is 1. The molecule has 0 aliphatic heterocycles. The lowest BCUT2D eigenvalue weighted by molar-refractivity contribution is 0.100. The van der Waals surface area contributed by atoms with Crippen LogP contribution in [-0.4, -0.2) is 19.3 Å². The first kappa shape index (κ1) is 11.6. The van der Waals surface area contributed by atoms with E-state index in [4.69, 9.17) is 10.6 Å². The molecule has 0 fully saturated rings. The zero-order valence-corrected chi connectivity index (χ0v) is 8.26. The van der Waals surface area contributed by atoms with Gasteiger partial charge < -0.3 is 4.74 Å². The topological polar surface area (TPSA) is 47.3 Å². The fourth-order valence-corrected chi connectivity index (χ4v) is 1.13. The minimum absolute atomic E-state index is 0.241. The van der Waals surface area contributed by atoms with E-state index in [1.165, 1.54) is 0 Å². The Morgan fingerprint density at radius 3 is 2.58 bits per heavy atom. The Kier molecular flexibility index (Phi) is 5.98. The second-order valence-electron chi connectivity index (χ2n) is 3.31. The molecule has 0 heterocycles. The van der Waals surface area contributed by atoms with E-state index in [0.717, 1.165) is 18.4 Å². The molecule has 3 nitrogen and oxygen atoms in total. The number of hydrogen-bond donors (Lipinski definition) is 2. The van der Waals surface area contributed by atoms with Gasteiger partial charge in [0, 0.05) is 13.2 Å². The summed E-state index contributed by atoms with van der Waals surface area (Å²) in [5.74, 6) is 5.38. The van der Waals surface area contributed by atoms with Gasteiger partial charge in [-0.3, -0.25) is 11.3 Å². The second-order valence-corrected chi connectivity index (χ2v) is 3.31. The van der Waals surface area contributed by atoms with Gasteiger partial charge in [-0.05, 0) is 26.7 Å². The Labute approximate surface area is 74.9 Å². The fourth-order valence-electron chi connectivity index (χ4n) is 1.13. The van der Waals surface area contributed by atoms with Gasteiger partial charge in [0.2, 0.25) is 0 Å². The van der Waals surface area contributed by atoms with Gasteiger partial charge in [0.1, 0.15) is 0 Å². The molecule has 3 N–H and O–H groups in total. The molecule has 0 aromatic carbocycles. The van der Waals surface area contributed by atoms with Crippen molar-refractivity contribution in [3.05, 3.63) is 12.2 Å². The monoisotopic (exact) mass is 172 g/mol. The minimum atomic E-state index is 0.241. The lowest BCUT2D eigenvalue weighted by Gasteiger charge is -2.19. The first-order valence-corrected chi connectivity index (χ1v) is 4.23. The molecule has 0 saturated heterocycles. The second kappa shape index (κ2) is 6.17. The molecule has 72 valence electrons. The van der Waals surface area contributed by atoms with Crippen LogP contribution in [0.1, 0.15) is 26.7 Å². The highest BCUT2D eigenvalue weighted by atomic mass is 16.5. The third kappa shape index (κ3) is 5.29. The van der Waals surface area contributed by atoms with E-state index in [0.29, 0.717) is 0 Å². The van der Waals surface area contributed by atoms with Crippen molar-refractivity contribution in [1.82, 2.24) is 5.43 Å². The number of rotatable bonds is 6. The molecule has 0 aromatic heterocycles. The maximum Gasteiger partial charge on any atom is 0.0558 e. The highest BCUT2D eigenvalue weighted by molar-refractivity contribution is 4.92. The van der Waals surface area contributed by atoms with Crippen LogP contribution in [0.2, 0.25) is 0 Å². The van der Waals surface area contributed by atoms with Gasteiger partial charge in [0.05, 0.1) is 6.10 Å². The normalized spacial score (nSPS) is 15.7. The van der Waals surface area contributed by atoms with Gasteiger partial charge in [-0.15, -0.1) is 6.58 Å². The molecule has 0 aliphatic rings. The summed E-state index contributed by atoms with van der Waals surface area (Å²) in [6.45, 7) is 7.87. The van der Waals surface area contributed by atoms with Crippen LogP contribution >= 0.6 is 0 Å². The molecule has 2 atom stereocenters. The van der Waals surface area contributed by atoms with E-state index in [1.807, 2.05) is 13.8 Å². The van der Waals surface area contributed by atoms with Crippen molar-refractivity contribution in [1.29, 1.82) is 0 Å². The van der Waals surface area contributed by atoms with E-state index in [1.54, 1.807) is 7.11 Å². The van der Waals surface area contributed by atoms with Gasteiger partial charge in [-0.25, -0.2) is 0 Å². The highest BCUT2D eigenvalue weighted by Crippen LogP contribution is 2.08. The molecule has 12 heavy (non-hydrogen) atoms. The van der Waals surface area contributed by atoms with E-state index >= 15 is 0 Å². The van der Waals surface area contributed by atoms with Gasteiger partial charge in [-0.1, -0.05) is 5.57 Å². The molecule has 2 unspecified atom stereocenters. The van der Waals surface area contributed by atoms with Crippen molar-refractivity contribution in [2.75, 3.05) is 7.11 Å². The van der Waals surface area contributed by atoms with Crippen molar-refractivity contribution in [3.63, 3.8) is 0 Å². The third-order valence-electron chi connectivity index (χ3n) is 1.85. The van der Waals surface area contributed by atoms with Crippen LogP contribution in [0.25, 0.3) is 0 Å². The number of nitrogens with one attached hydrogen (secondary N) is 1. The number of methoxy groups -OCH3 is 1. The fraction of sp³-hybridized carbons (Fsp3) is 0.778. The van der Waals surface area contributed by atoms with Crippen molar-refractivity contribution in [2.24, 2.45) is 5.84 Å². The molecule has 0 bridgehead atoms. The molecular formula is C9H20N2O. The minimum Gasteiger partial charge on any atom is -0.382 e. The first-order valence-electron chi connectivity index (χ1n) is 4.23. The van der Waals surface area contributed by atoms with Gasteiger partial charge in [0.15, 0.2) is 0 Å². The van der Waals surface area contributed by atoms with Gasteiger partial charge in [0.25, 0.3) is 0 Å². The van der Waals surface area contributed by atoms with Crippen molar-refractivity contribution < 1.29 is 4.74 Å². The summed E-state index contributed by atoms with van der Waals surface area (Å²) in [4.78, 5) is 0. The van der Waals surface area contributed by atoms with Crippen LogP contribution in [0.3, 0.4) is 0 Å². The quantitative estimate of drug-likeness (QED) is 0.359. The van der Waals surface area contributed by atoms with Crippen molar-refractivity contribution in [2.45, 2.75) is 38.8 Å². The number of hydrazine groups is 1. The summed E-state index contributed by atoms with van der Waals surface area (Å²) in [6, 6.07) is 0.275. The summed E-state index contributed by atoms with van der Waals surface area (Å²) in [5, 5.41) is 0. The van der Waals surface area contributed by atoms with Gasteiger partial charge >= 0.3 is 0 Å². The molecule has 0 aliphatic carbocycles. The lowest BCUT2D eigenvalue weighted by Crippen LogP contribution is -2.37. The molecule has 0 radical (unpaired) electrons. The van der Waals surface area contributed by atoms with E-state index in [2.05, 4.69) is 12.0 Å². The van der Waals surface area contributed by atoms with Crippen LogP contribution < -0.4 is 11.3 Å². The molecular weight excluding hydrogens is 152 g/mol. The van der Waals surface area contributed by atoms with Crippen LogP contribution in [0.4, 0.5) is 0 Å². The largest absolute Gasteiger partial charge is 0.382 e. The Morgan fingerprint density at radius 1 is 1.67 bits per heavy atom. The van der Waals surface area contributed by atoms with Crippen LogP contribution in [0.15, 0.2) is 12.2 Å². The van der Waals surface area contributed by atoms with Crippen molar-refractivity contribution in [3.8, 4) is 0 Å².